The zero-order chi connectivity index (χ0) is 25.1. The molecule has 182 valence electrons. The Balaban J connectivity index is 1.47. The van der Waals surface area contributed by atoms with Crippen LogP contribution in [0.4, 0.5) is 5.13 Å². The number of carboxylic acid groups (broad SMARTS) is 1. The highest BCUT2D eigenvalue weighted by Gasteiger charge is 2.54. The lowest BCUT2D eigenvalue weighted by molar-refractivity contribution is -0.150. The van der Waals surface area contributed by atoms with Crippen molar-refractivity contribution in [3.05, 3.63) is 58.2 Å². The normalized spacial score (nSPS) is 19.6. The fourth-order valence-electron chi connectivity index (χ4n) is 3.50. The molecule has 0 spiro atoms. The minimum absolute atomic E-state index is 0.0979. The summed E-state index contributed by atoms with van der Waals surface area (Å²) in [5, 5.41) is 15.6. The number of amides is 2. The quantitative estimate of drug-likeness (QED) is 0.256. The van der Waals surface area contributed by atoms with E-state index in [2.05, 4.69) is 15.5 Å². The van der Waals surface area contributed by atoms with Crippen LogP contribution in [0.3, 0.4) is 0 Å². The standard InChI is InChI=1S/C21H19N5O6S3/c1-32-25-13(12-7-23-21(22)35-12)16(27)24-14-17(28)26-15(19(29)30)11(8-33-18(14)26)9-34-20(31)10-5-3-2-4-6-10/h2-7,14,18H,8-9H2,1H3,(H2,22,23)(H,24,27)(H,29,30)/b25-13-/t14-,18-/m1/s1. The van der Waals surface area contributed by atoms with Crippen molar-refractivity contribution < 1.29 is 29.1 Å². The Bertz CT molecular complexity index is 1250. The maximum Gasteiger partial charge on any atom is 0.352 e. The number of carbonyl (C=O) groups is 4. The molecule has 1 aromatic carbocycles. The molecule has 1 aromatic heterocycles. The van der Waals surface area contributed by atoms with E-state index in [4.69, 9.17) is 10.6 Å². The number of nitrogens with one attached hydrogen (secondary N) is 1. The summed E-state index contributed by atoms with van der Waals surface area (Å²) in [5.74, 6) is -2.08. The molecule has 4 N–H and O–H groups in total. The fraction of sp³-hybridized carbons (Fsp3) is 0.238. The topological polar surface area (TPSA) is 164 Å². The lowest BCUT2D eigenvalue weighted by atomic mass is 10.0. The largest absolute Gasteiger partial charge is 0.477 e. The van der Waals surface area contributed by atoms with Crippen LogP contribution in [0.25, 0.3) is 0 Å². The van der Waals surface area contributed by atoms with Crippen LogP contribution in [0.1, 0.15) is 15.2 Å². The number of aromatic nitrogens is 1. The minimum Gasteiger partial charge on any atom is -0.477 e. The second-order valence-corrected chi connectivity index (χ2v) is 10.4. The number of oxime groups is 1. The molecule has 0 bridgehead atoms. The van der Waals surface area contributed by atoms with Gasteiger partial charge in [0.05, 0.1) is 4.88 Å². The van der Waals surface area contributed by atoms with Crippen LogP contribution < -0.4 is 11.1 Å². The number of anilines is 1. The average molecular weight is 534 g/mol. The molecule has 11 nitrogen and oxygen atoms in total. The second kappa shape index (κ2) is 10.5. The van der Waals surface area contributed by atoms with E-state index in [0.29, 0.717) is 21.8 Å². The summed E-state index contributed by atoms with van der Waals surface area (Å²) in [4.78, 5) is 60.3. The third-order valence-corrected chi connectivity index (χ3v) is 8.24. The van der Waals surface area contributed by atoms with Crippen molar-refractivity contribution in [1.82, 2.24) is 15.2 Å². The molecule has 3 heterocycles. The summed E-state index contributed by atoms with van der Waals surface area (Å²) in [6.45, 7) is 0. The molecule has 35 heavy (non-hydrogen) atoms. The third-order valence-electron chi connectivity index (χ3n) is 5.08. The summed E-state index contributed by atoms with van der Waals surface area (Å²) < 4.78 is 0. The van der Waals surface area contributed by atoms with Gasteiger partial charge in [0.1, 0.15) is 24.2 Å². The van der Waals surface area contributed by atoms with Gasteiger partial charge in [-0.05, 0) is 5.57 Å². The molecule has 0 radical (unpaired) electrons. The summed E-state index contributed by atoms with van der Waals surface area (Å²) in [7, 11) is 1.27. The van der Waals surface area contributed by atoms with Crippen molar-refractivity contribution in [3.8, 4) is 0 Å². The number of nitrogens with two attached hydrogens (primary N) is 1. The molecule has 0 saturated carbocycles. The predicted molar refractivity (Wildman–Crippen MR) is 133 cm³/mol. The highest BCUT2D eigenvalue weighted by molar-refractivity contribution is 8.14. The van der Waals surface area contributed by atoms with E-state index in [9.17, 15) is 24.3 Å². The first kappa shape index (κ1) is 24.8. The number of rotatable bonds is 8. The van der Waals surface area contributed by atoms with E-state index in [-0.39, 0.29) is 27.4 Å². The van der Waals surface area contributed by atoms with E-state index in [0.717, 1.165) is 28.0 Å². The van der Waals surface area contributed by atoms with Crippen LogP contribution in [0.2, 0.25) is 0 Å². The smallest absolute Gasteiger partial charge is 0.352 e. The molecule has 0 unspecified atom stereocenters. The summed E-state index contributed by atoms with van der Waals surface area (Å²) in [6.07, 6.45) is 1.37. The first-order valence-corrected chi connectivity index (χ1v) is 12.9. The van der Waals surface area contributed by atoms with Crippen molar-refractivity contribution in [1.29, 1.82) is 0 Å². The Morgan fingerprint density at radius 3 is 2.71 bits per heavy atom. The van der Waals surface area contributed by atoms with E-state index < -0.39 is 29.2 Å². The lowest BCUT2D eigenvalue weighted by Gasteiger charge is -2.49. The van der Waals surface area contributed by atoms with Gasteiger partial charge in [-0.2, -0.15) is 0 Å². The number of nitrogens with zero attached hydrogens (tertiary/aromatic N) is 3. The van der Waals surface area contributed by atoms with Crippen LogP contribution in [-0.2, 0) is 19.2 Å². The average Bonchev–Trinajstić information content (AvgIpc) is 3.29. The summed E-state index contributed by atoms with van der Waals surface area (Å²) >= 11 is 3.32. The number of fused-ring (bicyclic) bond motifs is 1. The first-order chi connectivity index (χ1) is 16.8. The molecular formula is C21H19N5O6S3. The van der Waals surface area contributed by atoms with Crippen LogP contribution in [-0.4, -0.2) is 73.6 Å². The Kier molecular flexibility index (Phi) is 7.42. The van der Waals surface area contributed by atoms with E-state index in [1.54, 1.807) is 30.3 Å². The second-order valence-electron chi connectivity index (χ2n) is 7.25. The van der Waals surface area contributed by atoms with Gasteiger partial charge in [0.2, 0.25) is 5.12 Å². The third kappa shape index (κ3) is 5.04. The van der Waals surface area contributed by atoms with Crippen molar-refractivity contribution in [2.45, 2.75) is 11.4 Å². The molecule has 2 aliphatic heterocycles. The predicted octanol–water partition coefficient (Wildman–Crippen LogP) is 1.39. The number of β-lactam (4-membered cyclic amide) rings is 1. The molecule has 2 atom stereocenters. The molecule has 14 heteroatoms. The minimum atomic E-state index is -1.27. The highest BCUT2D eigenvalue weighted by Crippen LogP contribution is 2.41. The lowest BCUT2D eigenvalue weighted by Crippen LogP contribution is -2.71. The Morgan fingerprint density at radius 2 is 2.09 bits per heavy atom. The first-order valence-electron chi connectivity index (χ1n) is 10.1. The van der Waals surface area contributed by atoms with Crippen molar-refractivity contribution >= 4 is 68.6 Å². The number of hydrogen-bond acceptors (Lipinski definition) is 11. The molecule has 2 amide bonds. The van der Waals surface area contributed by atoms with Gasteiger partial charge in [0.25, 0.3) is 11.8 Å². The van der Waals surface area contributed by atoms with Gasteiger partial charge in [-0.25, -0.2) is 9.78 Å². The van der Waals surface area contributed by atoms with Gasteiger partial charge in [-0.3, -0.25) is 19.3 Å². The number of thioether (sulfide) groups is 2. The number of thiazole rings is 1. The zero-order valence-corrected chi connectivity index (χ0v) is 20.6. The maximum absolute atomic E-state index is 12.9. The Morgan fingerprint density at radius 1 is 1.34 bits per heavy atom. The van der Waals surface area contributed by atoms with Gasteiger partial charge in [0, 0.05) is 23.3 Å². The molecular weight excluding hydrogens is 514 g/mol. The van der Waals surface area contributed by atoms with Crippen LogP contribution >= 0.6 is 34.9 Å². The maximum atomic E-state index is 12.9. The summed E-state index contributed by atoms with van der Waals surface area (Å²) in [6, 6.07) is 7.71. The number of carbonyl (C=O) groups excluding carboxylic acids is 3. The highest BCUT2D eigenvalue weighted by atomic mass is 32.2. The van der Waals surface area contributed by atoms with Gasteiger partial charge < -0.3 is 21.0 Å². The molecule has 1 fully saturated rings. The molecule has 4 rings (SSSR count). The van der Waals surface area contributed by atoms with Gasteiger partial charge in [-0.15, -0.1) is 11.8 Å². The van der Waals surface area contributed by atoms with Gasteiger partial charge >= 0.3 is 5.97 Å². The van der Waals surface area contributed by atoms with Gasteiger partial charge in [-0.1, -0.05) is 58.6 Å². The Labute approximate surface area is 211 Å². The van der Waals surface area contributed by atoms with E-state index in [1.165, 1.54) is 25.1 Å². The number of aliphatic carboxylic acids is 1. The monoisotopic (exact) mass is 533 g/mol. The van der Waals surface area contributed by atoms with E-state index in [1.807, 2.05) is 0 Å². The number of nitrogen functional groups attached to an aromatic ring is 1. The molecule has 1 saturated heterocycles. The van der Waals surface area contributed by atoms with Crippen molar-refractivity contribution in [2.75, 3.05) is 24.3 Å². The zero-order valence-electron chi connectivity index (χ0n) is 18.2. The number of hydrogen-bond donors (Lipinski definition) is 3. The Hall–Kier alpha value is -3.36. The van der Waals surface area contributed by atoms with E-state index >= 15 is 0 Å². The van der Waals surface area contributed by atoms with Crippen LogP contribution in [0.15, 0.2) is 53.0 Å². The molecule has 2 aromatic rings. The summed E-state index contributed by atoms with van der Waals surface area (Å²) in [5.41, 5.74) is 6.35. The molecule has 2 aliphatic rings. The fourth-order valence-corrected chi connectivity index (χ4v) is 6.49. The van der Waals surface area contributed by atoms with Crippen molar-refractivity contribution in [3.63, 3.8) is 0 Å². The molecule has 0 aliphatic carbocycles. The number of carboxylic acids is 1. The van der Waals surface area contributed by atoms with Gasteiger partial charge in [0.15, 0.2) is 10.8 Å². The van der Waals surface area contributed by atoms with Crippen LogP contribution in [0.5, 0.6) is 0 Å². The van der Waals surface area contributed by atoms with Crippen LogP contribution in [0, 0.1) is 0 Å². The SMILES string of the molecule is CO/N=C(\C(=O)N[C@@H]1C(=O)N2C(C(=O)O)=C(CSC(=O)c3ccccc3)CS[C@H]12)c1cnc(N)s1. The van der Waals surface area contributed by atoms with Crippen molar-refractivity contribution in [2.24, 2.45) is 5.16 Å². The number of benzene rings is 1.